The molecule has 1 atom stereocenters. The van der Waals surface area contributed by atoms with Crippen LogP contribution >= 0.6 is 0 Å². The molecule has 1 aromatic carbocycles. The summed E-state index contributed by atoms with van der Waals surface area (Å²) in [6.07, 6.45) is 6.13. The van der Waals surface area contributed by atoms with Gasteiger partial charge in [0, 0.05) is 45.9 Å². The number of nitrogens with zero attached hydrogens (tertiary/aromatic N) is 2. The van der Waals surface area contributed by atoms with E-state index in [1.165, 1.54) is 12.8 Å². The van der Waals surface area contributed by atoms with Crippen molar-refractivity contribution in [2.75, 3.05) is 40.4 Å². The lowest BCUT2D eigenvalue weighted by Gasteiger charge is -2.35. The van der Waals surface area contributed by atoms with Crippen molar-refractivity contribution < 1.29 is 14.3 Å². The lowest BCUT2D eigenvalue weighted by Crippen LogP contribution is -2.47. The third-order valence-electron chi connectivity index (χ3n) is 5.61. The molecular formula is C22H34N4O3. The van der Waals surface area contributed by atoms with Crippen LogP contribution in [0.1, 0.15) is 48.0 Å². The number of hydrogen-bond donors (Lipinski definition) is 2. The number of piperidine rings is 1. The molecule has 0 saturated carbocycles. The van der Waals surface area contributed by atoms with E-state index in [0.717, 1.165) is 57.1 Å². The lowest BCUT2D eigenvalue weighted by molar-refractivity contribution is -0.0721. The minimum atomic E-state index is -0.0723. The van der Waals surface area contributed by atoms with Crippen molar-refractivity contribution in [3.8, 4) is 0 Å². The molecule has 160 valence electrons. The maximum Gasteiger partial charge on any atom is 0.251 e. The van der Waals surface area contributed by atoms with Gasteiger partial charge in [-0.05, 0) is 49.8 Å². The number of guanidine groups is 1. The third kappa shape index (κ3) is 6.44. The van der Waals surface area contributed by atoms with Gasteiger partial charge in [0.1, 0.15) is 0 Å². The van der Waals surface area contributed by atoms with Gasteiger partial charge in [0.2, 0.25) is 0 Å². The molecule has 1 unspecified atom stereocenters. The quantitative estimate of drug-likeness (QED) is 0.563. The van der Waals surface area contributed by atoms with Gasteiger partial charge in [-0.1, -0.05) is 12.1 Å². The Bertz CT molecular complexity index is 680. The van der Waals surface area contributed by atoms with Gasteiger partial charge in [0.05, 0.1) is 18.8 Å². The summed E-state index contributed by atoms with van der Waals surface area (Å²) in [5.41, 5.74) is 1.72. The van der Waals surface area contributed by atoms with E-state index in [1.807, 2.05) is 31.3 Å². The summed E-state index contributed by atoms with van der Waals surface area (Å²) in [7, 11) is 3.46. The summed E-state index contributed by atoms with van der Waals surface area (Å²) in [5, 5.41) is 6.08. The van der Waals surface area contributed by atoms with Crippen molar-refractivity contribution in [3.63, 3.8) is 0 Å². The molecular weight excluding hydrogens is 368 g/mol. The van der Waals surface area contributed by atoms with E-state index in [2.05, 4.69) is 20.5 Å². The molecule has 1 aromatic rings. The summed E-state index contributed by atoms with van der Waals surface area (Å²) in [4.78, 5) is 18.5. The van der Waals surface area contributed by atoms with Crippen LogP contribution < -0.4 is 10.6 Å². The van der Waals surface area contributed by atoms with Crippen LogP contribution in [0.5, 0.6) is 0 Å². The molecule has 7 heteroatoms. The summed E-state index contributed by atoms with van der Waals surface area (Å²) in [6, 6.07) is 7.65. The van der Waals surface area contributed by atoms with Crippen LogP contribution in [0.25, 0.3) is 0 Å². The predicted molar refractivity (Wildman–Crippen MR) is 114 cm³/mol. The van der Waals surface area contributed by atoms with Crippen LogP contribution in [-0.2, 0) is 16.0 Å². The second kappa shape index (κ2) is 11.2. The van der Waals surface area contributed by atoms with Crippen LogP contribution in [0.3, 0.4) is 0 Å². The second-order valence-corrected chi connectivity index (χ2v) is 7.69. The van der Waals surface area contributed by atoms with Gasteiger partial charge in [-0.2, -0.15) is 0 Å². The van der Waals surface area contributed by atoms with E-state index in [1.54, 1.807) is 7.05 Å². The summed E-state index contributed by atoms with van der Waals surface area (Å²) in [6.45, 7) is 4.08. The van der Waals surface area contributed by atoms with E-state index < -0.39 is 0 Å². The Labute approximate surface area is 173 Å². The van der Waals surface area contributed by atoms with Crippen molar-refractivity contribution in [3.05, 3.63) is 35.4 Å². The second-order valence-electron chi connectivity index (χ2n) is 7.69. The molecule has 0 spiro atoms. The highest BCUT2D eigenvalue weighted by molar-refractivity contribution is 5.94. The predicted octanol–water partition coefficient (Wildman–Crippen LogP) is 2.17. The Hall–Kier alpha value is -2.12. The summed E-state index contributed by atoms with van der Waals surface area (Å²) in [5.74, 6) is 0.821. The first-order valence-corrected chi connectivity index (χ1v) is 10.7. The molecule has 2 saturated heterocycles. The third-order valence-corrected chi connectivity index (χ3v) is 5.61. The smallest absolute Gasteiger partial charge is 0.251 e. The highest BCUT2D eigenvalue weighted by atomic mass is 16.5. The Morgan fingerprint density at radius 1 is 1.28 bits per heavy atom. The Kier molecular flexibility index (Phi) is 8.31. The number of carbonyl (C=O) groups excluding carboxylic acids is 1. The zero-order chi connectivity index (χ0) is 20.5. The molecule has 0 aromatic heterocycles. The number of amides is 1. The molecule has 2 N–H and O–H groups in total. The maximum atomic E-state index is 11.8. The van der Waals surface area contributed by atoms with Gasteiger partial charge in [-0.15, -0.1) is 0 Å². The average molecular weight is 403 g/mol. The first kappa shape index (κ1) is 21.6. The molecule has 0 radical (unpaired) electrons. The minimum Gasteiger partial charge on any atom is -0.376 e. The number of likely N-dealkylation sites (tertiary alicyclic amines) is 1. The number of aliphatic imine (C=N–C) groups is 1. The van der Waals surface area contributed by atoms with Crippen LogP contribution in [0.2, 0.25) is 0 Å². The fourth-order valence-corrected chi connectivity index (χ4v) is 3.90. The topological polar surface area (TPSA) is 75.2 Å². The normalized spacial score (nSPS) is 21.1. The monoisotopic (exact) mass is 402 g/mol. The molecule has 2 heterocycles. The molecule has 2 fully saturated rings. The maximum absolute atomic E-state index is 11.8. The van der Waals surface area contributed by atoms with E-state index in [0.29, 0.717) is 18.2 Å². The Balaban J connectivity index is 1.42. The molecule has 1 amide bonds. The van der Waals surface area contributed by atoms with E-state index in [-0.39, 0.29) is 12.0 Å². The molecule has 2 aliphatic rings. The summed E-state index contributed by atoms with van der Waals surface area (Å²) < 4.78 is 11.9. The minimum absolute atomic E-state index is 0.0723. The van der Waals surface area contributed by atoms with Crippen molar-refractivity contribution in [2.45, 2.75) is 50.9 Å². The Morgan fingerprint density at radius 2 is 2.10 bits per heavy atom. The average Bonchev–Trinajstić information content (AvgIpc) is 2.79. The standard InChI is InChI=1S/C22H34N4O3/c1-23-21(27)18-7-5-6-17(14-18)15-25-22(24-2)26-11-9-19(10-12-26)29-16-20-8-3-4-13-28-20/h5-7,14,19-20H,3-4,8-13,15-16H2,1-2H3,(H,23,27)(H,24,25). The van der Waals surface area contributed by atoms with Gasteiger partial charge in [0.25, 0.3) is 5.91 Å². The number of hydrogen-bond acceptors (Lipinski definition) is 4. The van der Waals surface area contributed by atoms with E-state index >= 15 is 0 Å². The van der Waals surface area contributed by atoms with Crippen LogP contribution in [-0.4, -0.2) is 69.4 Å². The van der Waals surface area contributed by atoms with Crippen molar-refractivity contribution >= 4 is 11.9 Å². The van der Waals surface area contributed by atoms with E-state index in [4.69, 9.17) is 9.47 Å². The number of ether oxygens (including phenoxy) is 2. The number of rotatable bonds is 6. The highest BCUT2D eigenvalue weighted by Crippen LogP contribution is 2.18. The highest BCUT2D eigenvalue weighted by Gasteiger charge is 2.23. The fourth-order valence-electron chi connectivity index (χ4n) is 3.90. The lowest BCUT2D eigenvalue weighted by atomic mass is 10.1. The van der Waals surface area contributed by atoms with Gasteiger partial charge < -0.3 is 25.0 Å². The van der Waals surface area contributed by atoms with Crippen LogP contribution in [0, 0.1) is 0 Å². The van der Waals surface area contributed by atoms with Gasteiger partial charge in [-0.3, -0.25) is 9.79 Å². The van der Waals surface area contributed by atoms with Gasteiger partial charge >= 0.3 is 0 Å². The molecule has 29 heavy (non-hydrogen) atoms. The largest absolute Gasteiger partial charge is 0.376 e. The summed E-state index contributed by atoms with van der Waals surface area (Å²) >= 11 is 0. The van der Waals surface area contributed by atoms with Gasteiger partial charge in [-0.25, -0.2) is 0 Å². The zero-order valence-electron chi connectivity index (χ0n) is 17.7. The van der Waals surface area contributed by atoms with Gasteiger partial charge in [0.15, 0.2) is 5.96 Å². The number of carbonyl (C=O) groups is 1. The van der Waals surface area contributed by atoms with Crippen molar-refractivity contribution in [2.24, 2.45) is 4.99 Å². The van der Waals surface area contributed by atoms with Crippen LogP contribution in [0.15, 0.2) is 29.3 Å². The Morgan fingerprint density at radius 3 is 2.79 bits per heavy atom. The SMILES string of the molecule is CN=C(NCc1cccc(C(=O)NC)c1)N1CCC(OCC2CCCCO2)CC1. The molecule has 3 rings (SSSR count). The number of nitrogens with one attached hydrogen (secondary N) is 2. The first-order valence-electron chi connectivity index (χ1n) is 10.7. The van der Waals surface area contributed by atoms with Crippen LogP contribution in [0.4, 0.5) is 0 Å². The molecule has 0 aliphatic carbocycles. The van der Waals surface area contributed by atoms with E-state index in [9.17, 15) is 4.79 Å². The number of benzene rings is 1. The first-order chi connectivity index (χ1) is 14.2. The molecule has 2 aliphatic heterocycles. The molecule has 0 bridgehead atoms. The fraction of sp³-hybridized carbons (Fsp3) is 0.636. The molecule has 7 nitrogen and oxygen atoms in total. The zero-order valence-corrected chi connectivity index (χ0v) is 17.7. The van der Waals surface area contributed by atoms with Crippen molar-refractivity contribution in [1.82, 2.24) is 15.5 Å². The van der Waals surface area contributed by atoms with Crippen molar-refractivity contribution in [1.29, 1.82) is 0 Å².